The summed E-state index contributed by atoms with van der Waals surface area (Å²) in [6.07, 6.45) is 9.38. The largest absolute Gasteiger partial charge is 0.377 e. The Morgan fingerprint density at radius 3 is 2.70 bits per heavy atom. The Hall–Kier alpha value is -1.59. The number of guanidine groups is 1. The van der Waals surface area contributed by atoms with E-state index in [1.54, 1.807) is 0 Å². The molecule has 0 bridgehead atoms. The number of hydrogen-bond acceptors (Lipinski definition) is 3. The van der Waals surface area contributed by atoms with Gasteiger partial charge in [0, 0.05) is 56.2 Å². The maximum Gasteiger partial charge on any atom is 0.191 e. The molecule has 4 fully saturated rings. The van der Waals surface area contributed by atoms with Gasteiger partial charge in [-0.2, -0.15) is 0 Å². The van der Waals surface area contributed by atoms with Crippen molar-refractivity contribution in [1.29, 1.82) is 0 Å². The maximum absolute atomic E-state index is 6.15. The van der Waals surface area contributed by atoms with Crippen molar-refractivity contribution >= 4 is 5.96 Å². The lowest BCUT2D eigenvalue weighted by molar-refractivity contribution is -0.125. The Kier molecular flexibility index (Phi) is 5.76. The molecule has 5 atom stereocenters. The molecule has 2 heterocycles. The molecule has 5 unspecified atom stereocenters. The number of rotatable bonds is 4. The third-order valence-electron chi connectivity index (χ3n) is 8.39. The molecule has 4 aliphatic rings. The van der Waals surface area contributed by atoms with Gasteiger partial charge in [0.1, 0.15) is 0 Å². The zero-order chi connectivity index (χ0) is 20.6. The molecular weight excluding hydrogens is 372 g/mol. The van der Waals surface area contributed by atoms with Gasteiger partial charge >= 0.3 is 0 Å². The highest BCUT2D eigenvalue weighted by Gasteiger charge is 2.65. The Balaban J connectivity index is 1.17. The quantitative estimate of drug-likeness (QED) is 0.589. The van der Waals surface area contributed by atoms with Crippen molar-refractivity contribution in [3.63, 3.8) is 0 Å². The predicted octanol–water partition coefficient (Wildman–Crippen LogP) is 3.55. The van der Waals surface area contributed by atoms with Gasteiger partial charge < -0.3 is 15.4 Å². The summed E-state index contributed by atoms with van der Waals surface area (Å²) >= 11 is 0. The van der Waals surface area contributed by atoms with Crippen LogP contribution in [0.25, 0.3) is 0 Å². The minimum absolute atomic E-state index is 0.366. The average Bonchev–Trinajstić information content (AvgIpc) is 3.43. The molecule has 2 saturated heterocycles. The number of hydrogen-bond donors (Lipinski definition) is 2. The topological polar surface area (TPSA) is 48.9 Å². The molecule has 164 valence electrons. The second kappa shape index (κ2) is 8.51. The highest BCUT2D eigenvalue weighted by Crippen LogP contribution is 2.60. The number of aliphatic imine (C=N–C) groups is 1. The van der Waals surface area contributed by atoms with E-state index in [1.165, 1.54) is 50.5 Å². The number of ether oxygens (including phenoxy) is 1. The van der Waals surface area contributed by atoms with Crippen molar-refractivity contribution < 1.29 is 4.74 Å². The molecule has 0 aromatic heterocycles. The van der Waals surface area contributed by atoms with E-state index in [0.29, 0.717) is 35.6 Å². The first-order valence-corrected chi connectivity index (χ1v) is 12.1. The fourth-order valence-corrected chi connectivity index (χ4v) is 6.82. The first-order valence-electron chi connectivity index (χ1n) is 12.1. The SMILES string of the molecule is CN=C(NC1CCN(Cc2ccccc2)C(C)C1)NC1C2CCOC2C12CCCC2. The van der Waals surface area contributed by atoms with Crippen LogP contribution in [0, 0.1) is 11.3 Å². The second-order valence-corrected chi connectivity index (χ2v) is 10.0. The van der Waals surface area contributed by atoms with E-state index >= 15 is 0 Å². The molecule has 2 N–H and O–H groups in total. The first-order chi connectivity index (χ1) is 14.7. The Morgan fingerprint density at radius 1 is 1.17 bits per heavy atom. The minimum atomic E-state index is 0.366. The van der Waals surface area contributed by atoms with E-state index in [4.69, 9.17) is 4.74 Å². The summed E-state index contributed by atoms with van der Waals surface area (Å²) in [6.45, 7) is 5.50. The van der Waals surface area contributed by atoms with E-state index in [9.17, 15) is 0 Å². The van der Waals surface area contributed by atoms with Crippen LogP contribution < -0.4 is 10.6 Å². The van der Waals surface area contributed by atoms with Gasteiger partial charge in [0.2, 0.25) is 0 Å². The Labute approximate surface area is 181 Å². The summed E-state index contributed by atoms with van der Waals surface area (Å²) in [5.41, 5.74) is 1.78. The number of benzene rings is 1. The van der Waals surface area contributed by atoms with Gasteiger partial charge in [-0.05, 0) is 44.6 Å². The number of nitrogens with one attached hydrogen (secondary N) is 2. The van der Waals surface area contributed by atoms with Crippen molar-refractivity contribution in [3.05, 3.63) is 35.9 Å². The summed E-state index contributed by atoms with van der Waals surface area (Å²) in [6, 6.07) is 12.5. The van der Waals surface area contributed by atoms with Crippen molar-refractivity contribution in [1.82, 2.24) is 15.5 Å². The summed E-state index contributed by atoms with van der Waals surface area (Å²) < 4.78 is 6.15. The van der Waals surface area contributed by atoms with Crippen LogP contribution in [0.15, 0.2) is 35.3 Å². The van der Waals surface area contributed by atoms with Gasteiger partial charge in [-0.15, -0.1) is 0 Å². The summed E-state index contributed by atoms with van der Waals surface area (Å²) in [5, 5.41) is 7.64. The Bertz CT molecular complexity index is 745. The number of likely N-dealkylation sites (tertiary alicyclic amines) is 1. The van der Waals surface area contributed by atoms with E-state index in [2.05, 4.69) is 57.8 Å². The summed E-state index contributed by atoms with van der Waals surface area (Å²) in [7, 11) is 1.92. The lowest BCUT2D eigenvalue weighted by Crippen LogP contribution is -2.69. The van der Waals surface area contributed by atoms with Gasteiger partial charge in [0.15, 0.2) is 5.96 Å². The molecule has 5 rings (SSSR count). The van der Waals surface area contributed by atoms with Crippen LogP contribution in [0.3, 0.4) is 0 Å². The van der Waals surface area contributed by atoms with Crippen molar-refractivity contribution in [2.24, 2.45) is 16.3 Å². The van der Waals surface area contributed by atoms with Crippen LogP contribution in [0.1, 0.15) is 57.4 Å². The molecular formula is C25H38N4O. The fraction of sp³-hybridized carbons (Fsp3) is 0.720. The Morgan fingerprint density at radius 2 is 1.97 bits per heavy atom. The fourth-order valence-electron chi connectivity index (χ4n) is 6.82. The van der Waals surface area contributed by atoms with Crippen LogP contribution >= 0.6 is 0 Å². The molecule has 5 heteroatoms. The molecule has 0 amide bonds. The molecule has 2 aliphatic carbocycles. The molecule has 0 radical (unpaired) electrons. The molecule has 1 aromatic carbocycles. The lowest BCUT2D eigenvalue weighted by atomic mass is 9.54. The molecule has 5 nitrogen and oxygen atoms in total. The van der Waals surface area contributed by atoms with Crippen LogP contribution in [0.5, 0.6) is 0 Å². The van der Waals surface area contributed by atoms with Crippen LogP contribution in [0.2, 0.25) is 0 Å². The standard InChI is InChI=1S/C25H38N4O/c1-18-16-20(10-14-29(18)17-19-8-4-3-5-9-19)27-24(26-2)28-22-21-11-15-30-23(21)25(22)12-6-7-13-25/h3-5,8-9,18,20-23H,6-7,10-17H2,1-2H3,(H2,26,27,28). The monoisotopic (exact) mass is 410 g/mol. The average molecular weight is 411 g/mol. The molecule has 1 spiro atoms. The number of piperidine rings is 1. The maximum atomic E-state index is 6.15. The van der Waals surface area contributed by atoms with Crippen molar-refractivity contribution in [2.45, 2.75) is 82.6 Å². The molecule has 2 aliphatic heterocycles. The van der Waals surface area contributed by atoms with E-state index < -0.39 is 0 Å². The zero-order valence-corrected chi connectivity index (χ0v) is 18.6. The van der Waals surface area contributed by atoms with E-state index in [1.807, 2.05) is 7.05 Å². The summed E-state index contributed by atoms with van der Waals surface area (Å²) in [5.74, 6) is 1.68. The van der Waals surface area contributed by atoms with E-state index in [0.717, 1.165) is 25.7 Å². The van der Waals surface area contributed by atoms with Gasteiger partial charge in [0.25, 0.3) is 0 Å². The van der Waals surface area contributed by atoms with Gasteiger partial charge in [-0.1, -0.05) is 43.2 Å². The zero-order valence-electron chi connectivity index (χ0n) is 18.6. The molecule has 2 saturated carbocycles. The van der Waals surface area contributed by atoms with E-state index in [-0.39, 0.29) is 0 Å². The highest BCUT2D eigenvalue weighted by atomic mass is 16.5. The lowest BCUT2D eigenvalue weighted by Gasteiger charge is -2.57. The molecule has 30 heavy (non-hydrogen) atoms. The van der Waals surface area contributed by atoms with Gasteiger partial charge in [0.05, 0.1) is 6.10 Å². The van der Waals surface area contributed by atoms with Crippen LogP contribution in [-0.4, -0.2) is 55.3 Å². The second-order valence-electron chi connectivity index (χ2n) is 10.0. The van der Waals surface area contributed by atoms with Gasteiger partial charge in [-0.25, -0.2) is 0 Å². The van der Waals surface area contributed by atoms with Gasteiger partial charge in [-0.3, -0.25) is 9.89 Å². The highest BCUT2D eigenvalue weighted by molar-refractivity contribution is 5.80. The minimum Gasteiger partial charge on any atom is -0.377 e. The third kappa shape index (κ3) is 3.64. The normalized spacial score (nSPS) is 35.8. The van der Waals surface area contributed by atoms with Crippen LogP contribution in [-0.2, 0) is 11.3 Å². The number of fused-ring (bicyclic) bond motifs is 2. The smallest absolute Gasteiger partial charge is 0.191 e. The van der Waals surface area contributed by atoms with Crippen molar-refractivity contribution in [2.75, 3.05) is 20.2 Å². The predicted molar refractivity (Wildman–Crippen MR) is 122 cm³/mol. The molecule has 1 aromatic rings. The van der Waals surface area contributed by atoms with Crippen molar-refractivity contribution in [3.8, 4) is 0 Å². The van der Waals surface area contributed by atoms with Crippen LogP contribution in [0.4, 0.5) is 0 Å². The third-order valence-corrected chi connectivity index (χ3v) is 8.39. The first kappa shape index (κ1) is 20.3. The number of nitrogens with zero attached hydrogens (tertiary/aromatic N) is 2. The summed E-state index contributed by atoms with van der Waals surface area (Å²) in [4.78, 5) is 7.24.